The first-order valence-electron chi connectivity index (χ1n) is 6.42. The van der Waals surface area contributed by atoms with Crippen molar-refractivity contribution >= 4 is 11.8 Å². The summed E-state index contributed by atoms with van der Waals surface area (Å²) in [6.45, 7) is 1.56. The Hall–Kier alpha value is -2.84. The zero-order valence-corrected chi connectivity index (χ0v) is 11.0. The minimum Gasteiger partial charge on any atom is -0.459 e. The Morgan fingerprint density at radius 3 is 2.33 bits per heavy atom. The summed E-state index contributed by atoms with van der Waals surface area (Å²) in [6, 6.07) is 3.26. The molecule has 110 valence electrons. The molecule has 0 aromatic carbocycles. The maximum absolute atomic E-state index is 12.1. The zero-order valence-electron chi connectivity index (χ0n) is 11.0. The Bertz CT molecular complexity index is 693. The van der Waals surface area contributed by atoms with E-state index in [-0.39, 0.29) is 23.4 Å². The monoisotopic (exact) mass is 291 g/mol. The summed E-state index contributed by atoms with van der Waals surface area (Å²) >= 11 is 0. The molecule has 1 fully saturated rings. The first-order valence-corrected chi connectivity index (χ1v) is 6.42. The molecular weight excluding hydrogens is 278 g/mol. The van der Waals surface area contributed by atoms with Gasteiger partial charge in [0.2, 0.25) is 5.82 Å². The van der Waals surface area contributed by atoms with Gasteiger partial charge < -0.3 is 14.2 Å². The van der Waals surface area contributed by atoms with Gasteiger partial charge in [-0.05, 0) is 12.1 Å². The van der Waals surface area contributed by atoms with Crippen molar-refractivity contribution in [2.45, 2.75) is 0 Å². The van der Waals surface area contributed by atoms with Crippen molar-refractivity contribution in [2.24, 2.45) is 0 Å². The number of H-pyrrole nitrogens is 2. The number of hydrogen-bond donors (Lipinski definition) is 2. The van der Waals surface area contributed by atoms with Crippen LogP contribution in [0.4, 0.5) is 0 Å². The Kier molecular flexibility index (Phi) is 3.30. The first kappa shape index (κ1) is 13.2. The fourth-order valence-electron chi connectivity index (χ4n) is 2.19. The lowest BCUT2D eigenvalue weighted by molar-refractivity contribution is 0.0512. The predicted molar refractivity (Wildman–Crippen MR) is 69.7 cm³/mol. The van der Waals surface area contributed by atoms with Crippen LogP contribution in [-0.4, -0.2) is 63.0 Å². The maximum atomic E-state index is 12.1. The van der Waals surface area contributed by atoms with Crippen LogP contribution in [0.3, 0.4) is 0 Å². The average molecular weight is 291 g/mol. The van der Waals surface area contributed by atoms with E-state index in [0.29, 0.717) is 26.2 Å². The molecule has 3 rings (SSSR count). The van der Waals surface area contributed by atoms with Crippen molar-refractivity contribution in [3.8, 4) is 0 Å². The number of nitrogens with zero attached hydrogens (tertiary/aromatic N) is 3. The van der Waals surface area contributed by atoms with Crippen LogP contribution in [0.1, 0.15) is 21.2 Å². The van der Waals surface area contributed by atoms with Crippen LogP contribution in [0.5, 0.6) is 0 Å². The quantitative estimate of drug-likeness (QED) is 0.758. The third kappa shape index (κ3) is 2.57. The second-order valence-corrected chi connectivity index (χ2v) is 4.59. The molecule has 0 bridgehead atoms. The van der Waals surface area contributed by atoms with Gasteiger partial charge >= 0.3 is 5.69 Å². The highest BCUT2D eigenvalue weighted by Gasteiger charge is 2.27. The summed E-state index contributed by atoms with van der Waals surface area (Å²) < 4.78 is 5.07. The third-order valence-electron chi connectivity index (χ3n) is 3.29. The van der Waals surface area contributed by atoms with Crippen LogP contribution in [-0.2, 0) is 0 Å². The minimum absolute atomic E-state index is 0.0224. The third-order valence-corrected chi connectivity index (χ3v) is 3.29. The minimum atomic E-state index is -0.523. The van der Waals surface area contributed by atoms with E-state index in [1.165, 1.54) is 11.2 Å². The number of rotatable bonds is 2. The largest absolute Gasteiger partial charge is 0.459 e. The summed E-state index contributed by atoms with van der Waals surface area (Å²) in [5, 5.41) is 5.75. The number of amides is 2. The normalized spacial score (nSPS) is 15.2. The van der Waals surface area contributed by atoms with Crippen molar-refractivity contribution < 1.29 is 14.0 Å². The van der Waals surface area contributed by atoms with Gasteiger partial charge in [0.05, 0.1) is 6.26 Å². The predicted octanol–water partition coefficient (Wildman–Crippen LogP) is -0.711. The SMILES string of the molecule is O=C(c1n[nH]c(=O)[nH]1)N1CCN(C(=O)c2ccco2)CC1. The van der Waals surface area contributed by atoms with Gasteiger partial charge in [-0.15, -0.1) is 5.10 Å². The lowest BCUT2D eigenvalue weighted by Crippen LogP contribution is -2.50. The molecule has 0 radical (unpaired) electrons. The smallest absolute Gasteiger partial charge is 0.341 e. The van der Waals surface area contributed by atoms with Gasteiger partial charge in [-0.25, -0.2) is 9.89 Å². The molecule has 2 aromatic heterocycles. The Labute approximate surface area is 118 Å². The first-order chi connectivity index (χ1) is 10.1. The Balaban J connectivity index is 1.61. The topological polar surface area (TPSA) is 115 Å². The second kappa shape index (κ2) is 5.27. The number of aromatic amines is 2. The fourth-order valence-corrected chi connectivity index (χ4v) is 2.19. The molecule has 0 aliphatic carbocycles. The molecule has 2 amide bonds. The molecule has 9 heteroatoms. The van der Waals surface area contributed by atoms with Crippen LogP contribution in [0.25, 0.3) is 0 Å². The standard InChI is InChI=1S/C12H13N5O4/c18-10(8-2-1-7-21-8)16-3-5-17(6-4-16)11(19)9-13-12(20)15-14-9/h1-2,7H,3-6H2,(H2,13,14,15,20). The van der Waals surface area contributed by atoms with E-state index in [4.69, 9.17) is 4.42 Å². The van der Waals surface area contributed by atoms with Crippen molar-refractivity contribution in [2.75, 3.05) is 26.2 Å². The molecule has 21 heavy (non-hydrogen) atoms. The number of nitrogens with one attached hydrogen (secondary N) is 2. The van der Waals surface area contributed by atoms with E-state index in [1.54, 1.807) is 17.0 Å². The van der Waals surface area contributed by atoms with E-state index < -0.39 is 5.69 Å². The summed E-state index contributed by atoms with van der Waals surface area (Å²) in [5.41, 5.74) is -0.523. The number of piperazine rings is 1. The molecule has 0 spiro atoms. The van der Waals surface area contributed by atoms with Gasteiger partial charge in [-0.1, -0.05) is 0 Å². The Morgan fingerprint density at radius 2 is 1.81 bits per heavy atom. The maximum Gasteiger partial charge on any atom is 0.341 e. The summed E-state index contributed by atoms with van der Waals surface area (Å²) in [4.78, 5) is 40.6. The van der Waals surface area contributed by atoms with Crippen LogP contribution in [0, 0.1) is 0 Å². The molecule has 9 nitrogen and oxygen atoms in total. The summed E-state index contributed by atoms with van der Waals surface area (Å²) in [7, 11) is 0. The van der Waals surface area contributed by atoms with Crippen molar-refractivity contribution in [3.63, 3.8) is 0 Å². The van der Waals surface area contributed by atoms with Crippen LogP contribution >= 0.6 is 0 Å². The van der Waals surface area contributed by atoms with Crippen molar-refractivity contribution in [1.82, 2.24) is 25.0 Å². The molecule has 2 N–H and O–H groups in total. The lowest BCUT2D eigenvalue weighted by atomic mass is 10.2. The number of carbonyl (C=O) groups is 2. The number of hydrogen-bond acceptors (Lipinski definition) is 5. The van der Waals surface area contributed by atoms with E-state index in [9.17, 15) is 14.4 Å². The Morgan fingerprint density at radius 1 is 1.14 bits per heavy atom. The molecule has 1 saturated heterocycles. The molecule has 1 aliphatic rings. The van der Waals surface area contributed by atoms with E-state index in [1.807, 2.05) is 0 Å². The highest BCUT2D eigenvalue weighted by Crippen LogP contribution is 2.10. The van der Waals surface area contributed by atoms with Gasteiger partial charge in [0, 0.05) is 26.2 Å². The van der Waals surface area contributed by atoms with Crippen molar-refractivity contribution in [3.05, 3.63) is 40.5 Å². The van der Waals surface area contributed by atoms with Gasteiger partial charge in [-0.3, -0.25) is 14.6 Å². The fraction of sp³-hybridized carbons (Fsp3) is 0.333. The molecule has 2 aromatic rings. The molecule has 1 aliphatic heterocycles. The molecular formula is C12H13N5O4. The van der Waals surface area contributed by atoms with E-state index in [0.717, 1.165) is 0 Å². The van der Waals surface area contributed by atoms with Gasteiger partial charge in [-0.2, -0.15) is 0 Å². The highest BCUT2D eigenvalue weighted by atomic mass is 16.3. The van der Waals surface area contributed by atoms with Gasteiger partial charge in [0.1, 0.15) is 0 Å². The van der Waals surface area contributed by atoms with Crippen LogP contribution in [0.2, 0.25) is 0 Å². The van der Waals surface area contributed by atoms with Gasteiger partial charge in [0.15, 0.2) is 5.76 Å². The van der Waals surface area contributed by atoms with E-state index >= 15 is 0 Å². The van der Waals surface area contributed by atoms with Crippen molar-refractivity contribution in [1.29, 1.82) is 0 Å². The molecule has 0 saturated carbocycles. The number of furan rings is 1. The highest BCUT2D eigenvalue weighted by molar-refractivity contribution is 5.92. The van der Waals surface area contributed by atoms with Gasteiger partial charge in [0.25, 0.3) is 11.8 Å². The van der Waals surface area contributed by atoms with Crippen LogP contribution in [0.15, 0.2) is 27.6 Å². The summed E-state index contributed by atoms with van der Waals surface area (Å²) in [6.07, 6.45) is 1.45. The second-order valence-electron chi connectivity index (χ2n) is 4.59. The number of aromatic nitrogens is 3. The molecule has 0 atom stereocenters. The summed E-state index contributed by atoms with van der Waals surface area (Å²) in [5.74, 6) is -0.295. The lowest BCUT2D eigenvalue weighted by Gasteiger charge is -2.33. The molecule has 3 heterocycles. The van der Waals surface area contributed by atoms with E-state index in [2.05, 4.69) is 15.2 Å². The average Bonchev–Trinajstić information content (AvgIpc) is 3.17. The zero-order chi connectivity index (χ0) is 14.8. The van der Waals surface area contributed by atoms with Crippen LogP contribution < -0.4 is 5.69 Å². The molecule has 0 unspecified atom stereocenters. The number of carbonyl (C=O) groups excluding carboxylic acids is 2.